The van der Waals surface area contributed by atoms with Gasteiger partial charge in [0.05, 0.1) is 25.0 Å². The van der Waals surface area contributed by atoms with Crippen molar-refractivity contribution in [2.45, 2.75) is 31.8 Å². The van der Waals surface area contributed by atoms with Gasteiger partial charge in [-0.2, -0.15) is 0 Å². The zero-order chi connectivity index (χ0) is 17.8. The van der Waals surface area contributed by atoms with Gasteiger partial charge in [-0.05, 0) is 49.4 Å². The van der Waals surface area contributed by atoms with Crippen LogP contribution in [0.4, 0.5) is 0 Å². The van der Waals surface area contributed by atoms with Crippen LogP contribution in [-0.2, 0) is 4.79 Å². The lowest BCUT2D eigenvalue weighted by molar-refractivity contribution is -0.123. The van der Waals surface area contributed by atoms with E-state index >= 15 is 0 Å². The average molecular weight is 342 g/mol. The second-order valence-electron chi connectivity index (χ2n) is 6.30. The molecule has 1 fully saturated rings. The van der Waals surface area contributed by atoms with Gasteiger partial charge < -0.3 is 19.8 Å². The Kier molecular flexibility index (Phi) is 5.07. The third-order valence-electron chi connectivity index (χ3n) is 4.39. The van der Waals surface area contributed by atoms with Gasteiger partial charge in [0.1, 0.15) is 18.1 Å². The van der Waals surface area contributed by atoms with Crippen molar-refractivity contribution in [3.63, 3.8) is 0 Å². The average Bonchev–Trinajstić information content (AvgIpc) is 3.31. The lowest BCUT2D eigenvalue weighted by Gasteiger charge is -2.22. The zero-order valence-electron chi connectivity index (χ0n) is 14.3. The molecule has 0 bridgehead atoms. The van der Waals surface area contributed by atoms with Crippen LogP contribution >= 0.6 is 0 Å². The van der Waals surface area contributed by atoms with Crippen molar-refractivity contribution in [3.8, 4) is 5.75 Å². The fourth-order valence-corrected chi connectivity index (χ4v) is 2.73. The van der Waals surface area contributed by atoms with Crippen molar-refractivity contribution in [3.05, 3.63) is 54.0 Å². The molecule has 0 saturated heterocycles. The molecule has 1 aliphatic carbocycles. The molecule has 2 atom stereocenters. The molecule has 132 valence electrons. The topological polar surface area (TPSA) is 80.6 Å². The minimum Gasteiger partial charge on any atom is -0.497 e. The van der Waals surface area contributed by atoms with Crippen molar-refractivity contribution in [1.82, 2.24) is 10.6 Å². The molecule has 6 nitrogen and oxygen atoms in total. The molecule has 6 heteroatoms. The number of hydrogen-bond donors (Lipinski definition) is 2. The molecule has 1 aromatic carbocycles. The summed E-state index contributed by atoms with van der Waals surface area (Å²) in [5.41, 5.74) is 1.44. The van der Waals surface area contributed by atoms with Crippen LogP contribution in [0.15, 0.2) is 47.3 Å². The van der Waals surface area contributed by atoms with E-state index in [4.69, 9.17) is 9.15 Å². The standard InChI is InChI=1S/C19H22N2O4/c1-12(20-19(23)15-9-10-25-11-15)18(22)21-17(13-3-4-13)14-5-7-16(24-2)8-6-14/h5-13,17H,3-4H2,1-2H3,(H,20,23)(H,21,22). The van der Waals surface area contributed by atoms with E-state index in [1.807, 2.05) is 24.3 Å². The lowest BCUT2D eigenvalue weighted by atomic mass is 10.0. The summed E-state index contributed by atoms with van der Waals surface area (Å²) in [6, 6.07) is 8.59. The molecule has 3 rings (SSSR count). The highest BCUT2D eigenvalue weighted by Crippen LogP contribution is 2.41. The van der Waals surface area contributed by atoms with E-state index in [0.29, 0.717) is 11.5 Å². The van der Waals surface area contributed by atoms with E-state index in [1.54, 1.807) is 20.1 Å². The van der Waals surface area contributed by atoms with E-state index in [9.17, 15) is 9.59 Å². The monoisotopic (exact) mass is 342 g/mol. The Hall–Kier alpha value is -2.76. The maximum Gasteiger partial charge on any atom is 0.255 e. The van der Waals surface area contributed by atoms with Gasteiger partial charge in [-0.25, -0.2) is 0 Å². The van der Waals surface area contributed by atoms with Gasteiger partial charge in [-0.15, -0.1) is 0 Å². The summed E-state index contributed by atoms with van der Waals surface area (Å²) in [5.74, 6) is 0.688. The minimum atomic E-state index is -0.637. The van der Waals surface area contributed by atoms with Crippen molar-refractivity contribution in [2.75, 3.05) is 7.11 Å². The predicted octanol–water partition coefficient (Wildman–Crippen LogP) is 2.67. The summed E-state index contributed by atoms with van der Waals surface area (Å²) >= 11 is 0. The van der Waals surface area contributed by atoms with Gasteiger partial charge in [-0.1, -0.05) is 12.1 Å². The highest BCUT2D eigenvalue weighted by molar-refractivity contribution is 5.97. The Bertz CT molecular complexity index is 720. The fourth-order valence-electron chi connectivity index (χ4n) is 2.73. The minimum absolute atomic E-state index is 0.0494. The smallest absolute Gasteiger partial charge is 0.255 e. The van der Waals surface area contributed by atoms with Crippen LogP contribution in [0.25, 0.3) is 0 Å². The highest BCUT2D eigenvalue weighted by Gasteiger charge is 2.34. The quantitative estimate of drug-likeness (QED) is 0.811. The van der Waals surface area contributed by atoms with Crippen LogP contribution in [0.3, 0.4) is 0 Å². The SMILES string of the molecule is COc1ccc(C(NC(=O)C(C)NC(=O)c2ccoc2)C2CC2)cc1. The number of carbonyl (C=O) groups is 2. The summed E-state index contributed by atoms with van der Waals surface area (Å²) in [6.45, 7) is 1.67. The maximum absolute atomic E-state index is 12.5. The first kappa shape index (κ1) is 17.1. The van der Waals surface area contributed by atoms with Crippen LogP contribution < -0.4 is 15.4 Å². The molecule has 2 unspecified atom stereocenters. The normalized spacial score (nSPS) is 15.9. The van der Waals surface area contributed by atoms with Crippen molar-refractivity contribution >= 4 is 11.8 Å². The van der Waals surface area contributed by atoms with Crippen molar-refractivity contribution < 1.29 is 18.7 Å². The molecule has 0 radical (unpaired) electrons. The number of amides is 2. The second kappa shape index (κ2) is 7.42. The highest BCUT2D eigenvalue weighted by atomic mass is 16.5. The summed E-state index contributed by atoms with van der Waals surface area (Å²) in [6.07, 6.45) is 4.95. The van der Waals surface area contributed by atoms with E-state index in [-0.39, 0.29) is 17.9 Å². The number of ether oxygens (including phenoxy) is 1. The molecular formula is C19H22N2O4. The number of rotatable bonds is 7. The summed E-state index contributed by atoms with van der Waals surface area (Å²) in [5, 5.41) is 5.75. The van der Waals surface area contributed by atoms with E-state index in [2.05, 4.69) is 10.6 Å². The van der Waals surface area contributed by atoms with Gasteiger partial charge in [0.2, 0.25) is 5.91 Å². The number of furan rings is 1. The Morgan fingerprint density at radius 2 is 1.88 bits per heavy atom. The summed E-state index contributed by atoms with van der Waals surface area (Å²) < 4.78 is 10.1. The summed E-state index contributed by atoms with van der Waals surface area (Å²) in [4.78, 5) is 24.5. The van der Waals surface area contributed by atoms with Crippen LogP contribution in [0.1, 0.15) is 41.7 Å². The van der Waals surface area contributed by atoms with Crippen molar-refractivity contribution in [1.29, 1.82) is 0 Å². The van der Waals surface area contributed by atoms with Gasteiger partial charge in [-0.3, -0.25) is 9.59 Å². The first-order chi connectivity index (χ1) is 12.1. The van der Waals surface area contributed by atoms with E-state index in [0.717, 1.165) is 24.2 Å². The first-order valence-electron chi connectivity index (χ1n) is 8.36. The number of hydrogen-bond acceptors (Lipinski definition) is 4. The van der Waals surface area contributed by atoms with Gasteiger partial charge >= 0.3 is 0 Å². The predicted molar refractivity (Wildman–Crippen MR) is 92.2 cm³/mol. The Balaban J connectivity index is 1.63. The molecular weight excluding hydrogens is 320 g/mol. The zero-order valence-corrected chi connectivity index (χ0v) is 14.3. The first-order valence-corrected chi connectivity index (χ1v) is 8.36. The molecule has 1 saturated carbocycles. The Labute approximate surface area is 146 Å². The fraction of sp³-hybridized carbons (Fsp3) is 0.368. The second-order valence-corrected chi connectivity index (χ2v) is 6.30. The molecule has 1 aliphatic rings. The van der Waals surface area contributed by atoms with E-state index < -0.39 is 6.04 Å². The molecule has 1 heterocycles. The van der Waals surface area contributed by atoms with Crippen LogP contribution in [-0.4, -0.2) is 25.0 Å². The number of carbonyl (C=O) groups excluding carboxylic acids is 2. The van der Waals surface area contributed by atoms with Crippen LogP contribution in [0, 0.1) is 5.92 Å². The molecule has 1 aromatic heterocycles. The third-order valence-corrected chi connectivity index (χ3v) is 4.39. The van der Waals surface area contributed by atoms with Gasteiger partial charge in [0.15, 0.2) is 0 Å². The molecule has 0 aliphatic heterocycles. The maximum atomic E-state index is 12.5. The van der Waals surface area contributed by atoms with Gasteiger partial charge in [0, 0.05) is 0 Å². The number of nitrogens with one attached hydrogen (secondary N) is 2. The molecule has 2 aromatic rings. The summed E-state index contributed by atoms with van der Waals surface area (Å²) in [7, 11) is 1.62. The van der Waals surface area contributed by atoms with Crippen LogP contribution in [0.5, 0.6) is 5.75 Å². The van der Waals surface area contributed by atoms with Crippen molar-refractivity contribution in [2.24, 2.45) is 5.92 Å². The number of benzene rings is 1. The number of methoxy groups -OCH3 is 1. The molecule has 2 N–H and O–H groups in total. The van der Waals surface area contributed by atoms with Crippen LogP contribution in [0.2, 0.25) is 0 Å². The van der Waals surface area contributed by atoms with E-state index in [1.165, 1.54) is 12.5 Å². The molecule has 0 spiro atoms. The Morgan fingerprint density at radius 1 is 1.16 bits per heavy atom. The lowest BCUT2D eigenvalue weighted by Crippen LogP contribution is -2.46. The molecule has 25 heavy (non-hydrogen) atoms. The third kappa shape index (κ3) is 4.21. The Morgan fingerprint density at radius 3 is 2.44 bits per heavy atom. The van der Waals surface area contributed by atoms with Gasteiger partial charge in [0.25, 0.3) is 5.91 Å². The largest absolute Gasteiger partial charge is 0.497 e. The molecule has 2 amide bonds.